The van der Waals surface area contributed by atoms with E-state index in [1.54, 1.807) is 10.6 Å². The molecule has 0 saturated carbocycles. The zero-order chi connectivity index (χ0) is 16.4. The molecule has 0 amide bonds. The van der Waals surface area contributed by atoms with Gasteiger partial charge < -0.3 is 4.74 Å². The summed E-state index contributed by atoms with van der Waals surface area (Å²) in [5, 5.41) is 0. The van der Waals surface area contributed by atoms with Crippen LogP contribution in [-0.4, -0.2) is 12.6 Å². The fraction of sp³-hybridized carbons (Fsp3) is 0.368. The minimum atomic E-state index is -0.232. The number of pyridine rings is 1. The monoisotopic (exact) mass is 300 g/mol. The summed E-state index contributed by atoms with van der Waals surface area (Å²) in [6.45, 7) is 10.5. The van der Waals surface area contributed by atoms with Gasteiger partial charge in [0.05, 0.1) is 0 Å². The van der Waals surface area contributed by atoms with Gasteiger partial charge in [-0.1, -0.05) is 29.9 Å². The number of esters is 1. The van der Waals surface area contributed by atoms with Crippen LogP contribution in [0.5, 0.6) is 0 Å². The van der Waals surface area contributed by atoms with Gasteiger partial charge in [-0.05, 0) is 45.3 Å². The van der Waals surface area contributed by atoms with Crippen LogP contribution < -0.4 is 4.57 Å². The Bertz CT molecular complexity index is 549. The molecule has 0 spiro atoms. The maximum absolute atomic E-state index is 11.7. The van der Waals surface area contributed by atoms with E-state index in [4.69, 9.17) is 4.74 Å². The van der Waals surface area contributed by atoms with E-state index in [2.05, 4.69) is 33.4 Å². The molecule has 1 rings (SSSR count). The molecular weight excluding hydrogens is 274 g/mol. The Morgan fingerprint density at radius 1 is 1.23 bits per heavy atom. The quantitative estimate of drug-likeness (QED) is 0.415. The molecule has 118 valence electrons. The normalized spacial score (nSPS) is 11.0. The van der Waals surface area contributed by atoms with Gasteiger partial charge in [-0.2, -0.15) is 4.57 Å². The molecule has 22 heavy (non-hydrogen) atoms. The SMILES string of the molecule is C=Cc1cc[n+](CC(=O)OC/C=C(\C)CCC=C(C)C)cc1. The van der Waals surface area contributed by atoms with Gasteiger partial charge in [0.15, 0.2) is 12.4 Å². The molecular formula is C19H26NO2+. The molecule has 3 heteroatoms. The lowest BCUT2D eigenvalue weighted by Crippen LogP contribution is -2.37. The van der Waals surface area contributed by atoms with Gasteiger partial charge in [-0.25, -0.2) is 4.79 Å². The van der Waals surface area contributed by atoms with E-state index in [-0.39, 0.29) is 12.5 Å². The standard InChI is InChI=1S/C19H26NO2/c1-5-18-9-12-20(13-10-18)15-19(21)22-14-11-17(4)8-6-7-16(2)3/h5,7,9-13H,1,6,8,14-15H2,2-4H3/q+1/b17-11+. The van der Waals surface area contributed by atoms with Crippen molar-refractivity contribution in [3.8, 4) is 0 Å². The number of carbonyl (C=O) groups excluding carboxylic acids is 1. The predicted octanol–water partition coefficient (Wildman–Crippen LogP) is 3.85. The Labute approximate surface area is 133 Å². The van der Waals surface area contributed by atoms with Crippen LogP contribution in [0.25, 0.3) is 6.08 Å². The molecule has 3 nitrogen and oxygen atoms in total. The van der Waals surface area contributed by atoms with Crippen molar-refractivity contribution in [2.24, 2.45) is 0 Å². The van der Waals surface area contributed by atoms with Crippen LogP contribution in [0.3, 0.4) is 0 Å². The first kappa shape index (κ1) is 17.9. The highest BCUT2D eigenvalue weighted by atomic mass is 16.5. The van der Waals surface area contributed by atoms with Crippen molar-refractivity contribution in [3.05, 3.63) is 60.0 Å². The zero-order valence-electron chi connectivity index (χ0n) is 13.8. The van der Waals surface area contributed by atoms with Crippen LogP contribution in [0.1, 0.15) is 39.2 Å². The largest absolute Gasteiger partial charge is 0.457 e. The predicted molar refractivity (Wildman–Crippen MR) is 90.1 cm³/mol. The average molecular weight is 300 g/mol. The van der Waals surface area contributed by atoms with Gasteiger partial charge in [0.2, 0.25) is 6.54 Å². The summed E-state index contributed by atoms with van der Waals surface area (Å²) in [6.07, 6.45) is 11.7. The number of carbonyl (C=O) groups is 1. The topological polar surface area (TPSA) is 30.2 Å². The number of allylic oxidation sites excluding steroid dienone is 3. The summed E-state index contributed by atoms with van der Waals surface area (Å²) in [4.78, 5) is 11.7. The summed E-state index contributed by atoms with van der Waals surface area (Å²) >= 11 is 0. The second-order valence-electron chi connectivity index (χ2n) is 5.56. The van der Waals surface area contributed by atoms with Gasteiger partial charge in [-0.15, -0.1) is 0 Å². The highest BCUT2D eigenvalue weighted by Gasteiger charge is 2.09. The van der Waals surface area contributed by atoms with E-state index in [9.17, 15) is 4.79 Å². The first-order chi connectivity index (χ1) is 10.5. The first-order valence-corrected chi connectivity index (χ1v) is 7.57. The summed E-state index contributed by atoms with van der Waals surface area (Å²) < 4.78 is 7.02. The van der Waals surface area contributed by atoms with Crippen LogP contribution in [-0.2, 0) is 16.1 Å². The highest BCUT2D eigenvalue weighted by molar-refractivity contribution is 5.67. The van der Waals surface area contributed by atoms with E-state index in [0.29, 0.717) is 6.61 Å². The Hall–Kier alpha value is -2.16. The van der Waals surface area contributed by atoms with Gasteiger partial charge in [0, 0.05) is 12.1 Å². The van der Waals surface area contributed by atoms with E-state index in [1.165, 1.54) is 11.1 Å². The smallest absolute Gasteiger partial charge is 0.372 e. The number of rotatable bonds is 8. The molecule has 0 aliphatic heterocycles. The summed E-state index contributed by atoms with van der Waals surface area (Å²) in [5.41, 5.74) is 3.60. The van der Waals surface area contributed by atoms with Crippen molar-refractivity contribution < 1.29 is 14.1 Å². The third-order valence-corrected chi connectivity index (χ3v) is 3.23. The lowest BCUT2D eigenvalue weighted by atomic mass is 10.1. The fourth-order valence-corrected chi connectivity index (χ4v) is 1.87. The summed E-state index contributed by atoms with van der Waals surface area (Å²) in [6, 6.07) is 3.82. The van der Waals surface area contributed by atoms with Gasteiger partial charge in [-0.3, -0.25) is 0 Å². The van der Waals surface area contributed by atoms with Crippen molar-refractivity contribution in [2.75, 3.05) is 6.61 Å². The second kappa shape index (κ2) is 9.72. The Morgan fingerprint density at radius 3 is 2.50 bits per heavy atom. The molecule has 1 aromatic rings. The average Bonchev–Trinajstić information content (AvgIpc) is 2.47. The van der Waals surface area contributed by atoms with Crippen LogP contribution in [0.15, 0.2) is 54.4 Å². The third-order valence-electron chi connectivity index (χ3n) is 3.23. The summed E-state index contributed by atoms with van der Waals surface area (Å²) in [7, 11) is 0. The molecule has 0 fully saturated rings. The van der Waals surface area contributed by atoms with E-state index < -0.39 is 0 Å². The van der Waals surface area contributed by atoms with Crippen LogP contribution >= 0.6 is 0 Å². The lowest BCUT2D eigenvalue weighted by Gasteiger charge is -2.02. The maximum atomic E-state index is 11.7. The number of nitrogens with zero attached hydrogens (tertiary/aromatic N) is 1. The van der Waals surface area contributed by atoms with Crippen molar-refractivity contribution in [1.82, 2.24) is 0 Å². The van der Waals surface area contributed by atoms with E-state index in [1.807, 2.05) is 30.6 Å². The maximum Gasteiger partial charge on any atom is 0.372 e. The molecule has 0 aliphatic rings. The van der Waals surface area contributed by atoms with Crippen molar-refractivity contribution in [1.29, 1.82) is 0 Å². The van der Waals surface area contributed by atoms with Gasteiger partial charge in [0.25, 0.3) is 0 Å². The minimum absolute atomic E-state index is 0.224. The Morgan fingerprint density at radius 2 is 1.91 bits per heavy atom. The molecule has 0 unspecified atom stereocenters. The molecule has 0 N–H and O–H groups in total. The van der Waals surface area contributed by atoms with Crippen LogP contribution in [0, 0.1) is 0 Å². The number of hydrogen-bond donors (Lipinski definition) is 0. The fourth-order valence-electron chi connectivity index (χ4n) is 1.87. The van der Waals surface area contributed by atoms with Crippen molar-refractivity contribution >= 4 is 12.0 Å². The van der Waals surface area contributed by atoms with Crippen molar-refractivity contribution in [2.45, 2.75) is 40.2 Å². The second-order valence-corrected chi connectivity index (χ2v) is 5.56. The molecule has 0 radical (unpaired) electrons. The number of aromatic nitrogens is 1. The third kappa shape index (κ3) is 7.58. The molecule has 0 atom stereocenters. The Balaban J connectivity index is 2.32. The molecule has 0 saturated heterocycles. The summed E-state index contributed by atoms with van der Waals surface area (Å²) in [5.74, 6) is -0.232. The zero-order valence-corrected chi connectivity index (χ0v) is 13.8. The molecule has 0 aliphatic carbocycles. The first-order valence-electron chi connectivity index (χ1n) is 7.57. The molecule has 0 aromatic carbocycles. The number of hydrogen-bond acceptors (Lipinski definition) is 2. The van der Waals surface area contributed by atoms with Gasteiger partial charge >= 0.3 is 5.97 Å². The van der Waals surface area contributed by atoms with E-state index >= 15 is 0 Å². The van der Waals surface area contributed by atoms with E-state index in [0.717, 1.165) is 18.4 Å². The van der Waals surface area contributed by atoms with Gasteiger partial charge in [0.1, 0.15) is 6.61 Å². The van der Waals surface area contributed by atoms with Crippen LogP contribution in [0.4, 0.5) is 0 Å². The highest BCUT2D eigenvalue weighted by Crippen LogP contribution is 2.06. The molecule has 1 aromatic heterocycles. The number of ether oxygens (including phenoxy) is 1. The minimum Gasteiger partial charge on any atom is -0.457 e. The Kier molecular flexibility index (Phi) is 7.90. The molecule has 1 heterocycles. The molecule has 0 bridgehead atoms. The lowest BCUT2D eigenvalue weighted by molar-refractivity contribution is -0.686. The van der Waals surface area contributed by atoms with Crippen LogP contribution in [0.2, 0.25) is 0 Å². The van der Waals surface area contributed by atoms with Crippen molar-refractivity contribution in [3.63, 3.8) is 0 Å².